The van der Waals surface area contributed by atoms with Crippen LogP contribution in [-0.4, -0.2) is 24.1 Å². The van der Waals surface area contributed by atoms with Gasteiger partial charge in [-0.3, -0.25) is 0 Å². The Morgan fingerprint density at radius 1 is 1.70 bits per heavy atom. The number of nitrogens with one attached hydrogen (secondary N) is 1. The number of nitriles is 1. The first kappa shape index (κ1) is 7.90. The Hall–Kier alpha value is -0.200. The number of nitrogens with zero attached hydrogens (tertiary/aromatic N) is 1. The summed E-state index contributed by atoms with van der Waals surface area (Å²) in [5.41, 5.74) is -0.219. The third-order valence-electron chi connectivity index (χ3n) is 1.93. The molecule has 1 saturated heterocycles. The van der Waals surface area contributed by atoms with Crippen LogP contribution in [0, 0.1) is 11.3 Å². The molecule has 1 heterocycles. The molecule has 1 N–H and O–H groups in total. The molecule has 1 atom stereocenters. The van der Waals surface area contributed by atoms with E-state index in [4.69, 9.17) is 5.26 Å². The second-order valence-electron chi connectivity index (χ2n) is 2.60. The Morgan fingerprint density at radius 2 is 2.50 bits per heavy atom. The molecule has 1 aliphatic rings. The van der Waals surface area contributed by atoms with Crippen LogP contribution >= 0.6 is 11.8 Å². The summed E-state index contributed by atoms with van der Waals surface area (Å²) in [7, 11) is 1.87. The van der Waals surface area contributed by atoms with Crippen molar-refractivity contribution in [3.8, 4) is 6.07 Å². The van der Waals surface area contributed by atoms with Gasteiger partial charge in [-0.25, -0.2) is 0 Å². The van der Waals surface area contributed by atoms with Gasteiger partial charge in [-0.05, 0) is 25.6 Å². The average molecular weight is 156 g/mol. The van der Waals surface area contributed by atoms with Gasteiger partial charge in [0.2, 0.25) is 0 Å². The highest BCUT2D eigenvalue weighted by Gasteiger charge is 2.29. The summed E-state index contributed by atoms with van der Waals surface area (Å²) in [5.74, 6) is 2.16. The van der Waals surface area contributed by atoms with E-state index >= 15 is 0 Å². The van der Waals surface area contributed by atoms with Crippen LogP contribution in [0.3, 0.4) is 0 Å². The number of rotatable bonds is 1. The fraction of sp³-hybridized carbons (Fsp3) is 0.857. The van der Waals surface area contributed by atoms with E-state index < -0.39 is 0 Å². The average Bonchev–Trinajstić information content (AvgIpc) is 2.06. The summed E-state index contributed by atoms with van der Waals surface area (Å²) >= 11 is 1.87. The van der Waals surface area contributed by atoms with Crippen molar-refractivity contribution in [1.29, 1.82) is 5.26 Å². The maximum absolute atomic E-state index is 8.82. The Morgan fingerprint density at radius 3 is 2.80 bits per heavy atom. The predicted octanol–water partition coefficient (Wildman–Crippen LogP) is 0.995. The molecule has 0 spiro atoms. The van der Waals surface area contributed by atoms with Gasteiger partial charge in [-0.1, -0.05) is 0 Å². The van der Waals surface area contributed by atoms with E-state index in [1.807, 2.05) is 18.8 Å². The normalized spacial score (nSPS) is 33.2. The molecule has 56 valence electrons. The lowest BCUT2D eigenvalue weighted by Crippen LogP contribution is -2.45. The zero-order valence-electron chi connectivity index (χ0n) is 6.18. The van der Waals surface area contributed by atoms with Crippen LogP contribution in [0.2, 0.25) is 0 Å². The third kappa shape index (κ3) is 1.44. The number of thioether (sulfide) groups is 1. The Bertz CT molecular complexity index is 144. The summed E-state index contributed by atoms with van der Waals surface area (Å²) < 4.78 is 0. The molecule has 2 nitrogen and oxygen atoms in total. The second-order valence-corrected chi connectivity index (χ2v) is 3.71. The largest absolute Gasteiger partial charge is 0.302 e. The van der Waals surface area contributed by atoms with Gasteiger partial charge in [0.15, 0.2) is 0 Å². The van der Waals surface area contributed by atoms with Crippen molar-refractivity contribution >= 4 is 11.8 Å². The second kappa shape index (κ2) is 3.27. The molecule has 3 heteroatoms. The third-order valence-corrected chi connectivity index (χ3v) is 3.21. The minimum Gasteiger partial charge on any atom is -0.302 e. The van der Waals surface area contributed by atoms with Crippen molar-refractivity contribution < 1.29 is 0 Å². The van der Waals surface area contributed by atoms with Gasteiger partial charge in [0.25, 0.3) is 0 Å². The van der Waals surface area contributed by atoms with Gasteiger partial charge in [0.1, 0.15) is 5.54 Å². The molecule has 0 aromatic carbocycles. The van der Waals surface area contributed by atoms with Crippen LogP contribution in [0.1, 0.15) is 12.8 Å². The monoisotopic (exact) mass is 156 g/mol. The van der Waals surface area contributed by atoms with Crippen molar-refractivity contribution in [3.05, 3.63) is 0 Å². The van der Waals surface area contributed by atoms with Crippen LogP contribution in [0.25, 0.3) is 0 Å². The van der Waals surface area contributed by atoms with E-state index in [2.05, 4.69) is 11.4 Å². The first-order valence-electron chi connectivity index (χ1n) is 3.51. The number of hydrogen-bond acceptors (Lipinski definition) is 3. The molecule has 0 aromatic rings. The molecular formula is C7H12N2S. The quantitative estimate of drug-likeness (QED) is 0.615. The maximum Gasteiger partial charge on any atom is 0.115 e. The summed E-state index contributed by atoms with van der Waals surface area (Å²) in [6.07, 6.45) is 2.17. The highest BCUT2D eigenvalue weighted by atomic mass is 32.2. The molecule has 0 aromatic heterocycles. The van der Waals surface area contributed by atoms with Crippen LogP contribution in [0.4, 0.5) is 0 Å². The van der Waals surface area contributed by atoms with Crippen LogP contribution in [0.5, 0.6) is 0 Å². The molecular weight excluding hydrogens is 144 g/mol. The fourth-order valence-electron chi connectivity index (χ4n) is 1.14. The molecule has 0 aliphatic carbocycles. The highest BCUT2D eigenvalue weighted by molar-refractivity contribution is 7.99. The summed E-state index contributed by atoms with van der Waals surface area (Å²) in [6, 6.07) is 2.34. The first-order chi connectivity index (χ1) is 4.83. The van der Waals surface area contributed by atoms with Crippen molar-refractivity contribution in [1.82, 2.24) is 5.32 Å². The lowest BCUT2D eigenvalue weighted by molar-refractivity contribution is 0.450. The van der Waals surface area contributed by atoms with E-state index in [0.29, 0.717) is 0 Å². The first-order valence-corrected chi connectivity index (χ1v) is 4.66. The van der Waals surface area contributed by atoms with Gasteiger partial charge >= 0.3 is 0 Å². The summed E-state index contributed by atoms with van der Waals surface area (Å²) in [4.78, 5) is 0. The molecule has 1 unspecified atom stereocenters. The molecule has 0 amide bonds. The van der Waals surface area contributed by atoms with Gasteiger partial charge in [0, 0.05) is 5.75 Å². The van der Waals surface area contributed by atoms with Crippen molar-refractivity contribution in [2.45, 2.75) is 18.4 Å². The van der Waals surface area contributed by atoms with Crippen molar-refractivity contribution in [2.24, 2.45) is 0 Å². The molecule has 0 saturated carbocycles. The molecule has 1 fully saturated rings. The Labute approximate surface area is 66.0 Å². The summed E-state index contributed by atoms with van der Waals surface area (Å²) in [5, 5.41) is 11.9. The molecule has 1 rings (SSSR count). The standard InChI is InChI=1S/C7H12N2S/c1-9-7(5-8)3-2-4-10-6-7/h9H,2-4,6H2,1H3. The minimum atomic E-state index is -0.219. The van der Waals surface area contributed by atoms with Crippen LogP contribution in [0.15, 0.2) is 0 Å². The van der Waals surface area contributed by atoms with Crippen LogP contribution in [-0.2, 0) is 0 Å². The zero-order chi connectivity index (χ0) is 7.45. The van der Waals surface area contributed by atoms with Gasteiger partial charge in [-0.15, -0.1) is 0 Å². The van der Waals surface area contributed by atoms with Crippen LogP contribution < -0.4 is 5.32 Å². The van der Waals surface area contributed by atoms with Gasteiger partial charge in [-0.2, -0.15) is 17.0 Å². The minimum absolute atomic E-state index is 0.219. The maximum atomic E-state index is 8.82. The Kier molecular flexibility index (Phi) is 2.58. The van der Waals surface area contributed by atoms with Crippen molar-refractivity contribution in [3.63, 3.8) is 0 Å². The highest BCUT2D eigenvalue weighted by Crippen LogP contribution is 2.25. The topological polar surface area (TPSA) is 35.8 Å². The van der Waals surface area contributed by atoms with E-state index in [9.17, 15) is 0 Å². The SMILES string of the molecule is CNC1(C#N)CCCSC1. The zero-order valence-corrected chi connectivity index (χ0v) is 7.00. The predicted molar refractivity (Wildman–Crippen MR) is 44.0 cm³/mol. The molecule has 0 radical (unpaired) electrons. The Balaban J connectivity index is 2.55. The molecule has 10 heavy (non-hydrogen) atoms. The van der Waals surface area contributed by atoms with Crippen molar-refractivity contribution in [2.75, 3.05) is 18.6 Å². The number of hydrogen-bond donors (Lipinski definition) is 1. The fourth-order valence-corrected chi connectivity index (χ4v) is 2.33. The summed E-state index contributed by atoms with van der Waals surface area (Å²) in [6.45, 7) is 0. The van der Waals surface area contributed by atoms with E-state index in [0.717, 1.165) is 12.2 Å². The van der Waals surface area contributed by atoms with E-state index in [1.54, 1.807) is 0 Å². The van der Waals surface area contributed by atoms with E-state index in [-0.39, 0.29) is 5.54 Å². The molecule has 1 aliphatic heterocycles. The lowest BCUT2D eigenvalue weighted by Gasteiger charge is -2.29. The molecule has 0 bridgehead atoms. The van der Waals surface area contributed by atoms with Gasteiger partial charge < -0.3 is 5.32 Å². The smallest absolute Gasteiger partial charge is 0.115 e. The van der Waals surface area contributed by atoms with E-state index in [1.165, 1.54) is 12.2 Å². The van der Waals surface area contributed by atoms with Gasteiger partial charge in [0.05, 0.1) is 6.07 Å². The lowest BCUT2D eigenvalue weighted by atomic mass is 9.98.